The van der Waals surface area contributed by atoms with E-state index in [-0.39, 0.29) is 0 Å². The second kappa shape index (κ2) is 6.59. The van der Waals surface area contributed by atoms with Crippen LogP contribution in [0.25, 0.3) is 21.7 Å². The smallest absolute Gasteiger partial charge is 0.181 e. The number of hydrogen-bond donors (Lipinski definition) is 2. The van der Waals surface area contributed by atoms with Gasteiger partial charge in [0.15, 0.2) is 5.82 Å². The fourth-order valence-corrected chi connectivity index (χ4v) is 4.18. The molecule has 1 aliphatic rings. The van der Waals surface area contributed by atoms with Gasteiger partial charge in [-0.1, -0.05) is 19.9 Å². The number of nitrogens with one attached hydrogen (secondary N) is 1. The van der Waals surface area contributed by atoms with Gasteiger partial charge in [0.2, 0.25) is 0 Å². The Kier molecular flexibility index (Phi) is 4.40. The van der Waals surface area contributed by atoms with E-state index in [0.717, 1.165) is 47.4 Å². The maximum absolute atomic E-state index is 11.0. The van der Waals surface area contributed by atoms with E-state index in [9.17, 15) is 5.11 Å². The molecule has 0 aromatic carbocycles. The summed E-state index contributed by atoms with van der Waals surface area (Å²) >= 11 is 1.59. The summed E-state index contributed by atoms with van der Waals surface area (Å²) in [5.41, 5.74) is 0.408. The van der Waals surface area contributed by atoms with Crippen LogP contribution in [0.3, 0.4) is 0 Å². The van der Waals surface area contributed by atoms with E-state index in [2.05, 4.69) is 29.1 Å². The minimum Gasteiger partial charge on any atom is -0.388 e. The number of aliphatic hydroxyl groups is 1. The summed E-state index contributed by atoms with van der Waals surface area (Å²) in [4.78, 5) is 14.6. The topological polar surface area (TPSA) is 70.9 Å². The molecular weight excluding hydrogens is 344 g/mol. The Morgan fingerprint density at radius 3 is 2.65 bits per heavy atom. The molecule has 3 aromatic rings. The standard InChI is InChI=1S/C20H24N4OS/c1-19(2)7-9-20(25,10-8-19)13-22-16-14-6-12-26-18(14)24-17(23-16)15-5-3-4-11-21-15/h3-6,11-12,25H,7-10,13H2,1-2H3,(H,22,23,24). The molecule has 3 aromatic heterocycles. The van der Waals surface area contributed by atoms with Gasteiger partial charge >= 0.3 is 0 Å². The van der Waals surface area contributed by atoms with Crippen LogP contribution in [-0.2, 0) is 0 Å². The first kappa shape index (κ1) is 17.4. The monoisotopic (exact) mass is 368 g/mol. The van der Waals surface area contributed by atoms with Gasteiger partial charge in [-0.2, -0.15) is 0 Å². The molecule has 0 aliphatic heterocycles. The number of hydrogen-bond acceptors (Lipinski definition) is 6. The first-order valence-corrected chi connectivity index (χ1v) is 9.95. The largest absolute Gasteiger partial charge is 0.388 e. The predicted molar refractivity (Wildman–Crippen MR) is 106 cm³/mol. The van der Waals surface area contributed by atoms with Gasteiger partial charge in [0.25, 0.3) is 0 Å². The van der Waals surface area contributed by atoms with Crippen molar-refractivity contribution in [3.63, 3.8) is 0 Å². The maximum Gasteiger partial charge on any atom is 0.181 e. The first-order valence-electron chi connectivity index (χ1n) is 9.07. The van der Waals surface area contributed by atoms with Crippen LogP contribution in [-0.4, -0.2) is 32.2 Å². The predicted octanol–water partition coefficient (Wildman–Crippen LogP) is 4.50. The molecule has 0 atom stereocenters. The van der Waals surface area contributed by atoms with Crippen molar-refractivity contribution in [3.05, 3.63) is 35.8 Å². The molecule has 4 rings (SSSR count). The lowest BCUT2D eigenvalue weighted by Crippen LogP contribution is -2.42. The van der Waals surface area contributed by atoms with Crippen molar-refractivity contribution in [2.45, 2.75) is 45.1 Å². The molecule has 1 fully saturated rings. The molecule has 0 unspecified atom stereocenters. The summed E-state index contributed by atoms with van der Waals surface area (Å²) in [6.45, 7) is 5.06. The third kappa shape index (κ3) is 3.57. The number of thiophene rings is 1. The second-order valence-electron chi connectivity index (χ2n) is 7.99. The lowest BCUT2D eigenvalue weighted by molar-refractivity contribution is -0.0145. The van der Waals surface area contributed by atoms with Crippen LogP contribution < -0.4 is 5.32 Å². The molecule has 5 nitrogen and oxygen atoms in total. The Bertz CT molecular complexity index is 897. The molecule has 0 bridgehead atoms. The average Bonchev–Trinajstić information content (AvgIpc) is 3.12. The Hall–Kier alpha value is -2.05. The Morgan fingerprint density at radius 2 is 1.92 bits per heavy atom. The Labute approximate surface area is 157 Å². The SMILES string of the molecule is CC1(C)CCC(O)(CNc2nc(-c3ccccn3)nc3sccc23)CC1. The van der Waals surface area contributed by atoms with Gasteiger partial charge in [-0.25, -0.2) is 9.97 Å². The quantitative estimate of drug-likeness (QED) is 0.710. The third-order valence-electron chi connectivity index (χ3n) is 5.34. The van der Waals surface area contributed by atoms with Crippen LogP contribution in [0.15, 0.2) is 35.8 Å². The molecule has 1 aliphatic carbocycles. The van der Waals surface area contributed by atoms with Crippen molar-refractivity contribution in [3.8, 4) is 11.5 Å². The lowest BCUT2D eigenvalue weighted by atomic mass is 9.71. The van der Waals surface area contributed by atoms with Gasteiger partial charge in [0.05, 0.1) is 11.0 Å². The van der Waals surface area contributed by atoms with Crippen LogP contribution in [0.1, 0.15) is 39.5 Å². The molecule has 26 heavy (non-hydrogen) atoms. The molecule has 0 saturated heterocycles. The van der Waals surface area contributed by atoms with E-state index in [1.807, 2.05) is 29.6 Å². The van der Waals surface area contributed by atoms with E-state index in [4.69, 9.17) is 4.98 Å². The van der Waals surface area contributed by atoms with E-state index in [1.54, 1.807) is 17.5 Å². The fraction of sp³-hybridized carbons (Fsp3) is 0.450. The van der Waals surface area contributed by atoms with Crippen molar-refractivity contribution in [2.24, 2.45) is 5.41 Å². The van der Waals surface area contributed by atoms with Crippen LogP contribution >= 0.6 is 11.3 Å². The Morgan fingerprint density at radius 1 is 1.12 bits per heavy atom. The zero-order valence-electron chi connectivity index (χ0n) is 15.2. The summed E-state index contributed by atoms with van der Waals surface area (Å²) in [5, 5.41) is 17.4. The van der Waals surface area contributed by atoms with Crippen LogP contribution in [0.5, 0.6) is 0 Å². The minimum absolute atomic E-state index is 0.327. The van der Waals surface area contributed by atoms with Crippen LogP contribution in [0.4, 0.5) is 5.82 Å². The number of nitrogens with zero attached hydrogens (tertiary/aromatic N) is 3. The van der Waals surface area contributed by atoms with E-state index in [0.29, 0.717) is 17.8 Å². The van der Waals surface area contributed by atoms with Gasteiger partial charge in [-0.05, 0) is 54.7 Å². The lowest BCUT2D eigenvalue weighted by Gasteiger charge is -2.40. The van der Waals surface area contributed by atoms with E-state index >= 15 is 0 Å². The number of pyridine rings is 1. The molecular formula is C20H24N4OS. The van der Waals surface area contributed by atoms with E-state index in [1.165, 1.54) is 0 Å². The first-order chi connectivity index (χ1) is 12.4. The molecule has 0 spiro atoms. The van der Waals surface area contributed by atoms with Crippen molar-refractivity contribution in [1.82, 2.24) is 15.0 Å². The minimum atomic E-state index is -0.673. The van der Waals surface area contributed by atoms with Crippen molar-refractivity contribution < 1.29 is 5.11 Å². The van der Waals surface area contributed by atoms with Gasteiger partial charge < -0.3 is 10.4 Å². The maximum atomic E-state index is 11.0. The summed E-state index contributed by atoms with van der Waals surface area (Å²) in [5.74, 6) is 1.38. The fourth-order valence-electron chi connectivity index (χ4n) is 3.42. The number of fused-ring (bicyclic) bond motifs is 1. The molecule has 0 amide bonds. The molecule has 136 valence electrons. The average molecular weight is 369 g/mol. The van der Waals surface area contributed by atoms with Crippen molar-refractivity contribution in [2.75, 3.05) is 11.9 Å². The highest BCUT2D eigenvalue weighted by Gasteiger charge is 2.36. The third-order valence-corrected chi connectivity index (χ3v) is 6.14. The zero-order chi connectivity index (χ0) is 18.2. The summed E-state index contributed by atoms with van der Waals surface area (Å²) in [6, 6.07) is 7.75. The molecule has 1 saturated carbocycles. The van der Waals surface area contributed by atoms with Crippen molar-refractivity contribution >= 4 is 27.4 Å². The highest BCUT2D eigenvalue weighted by atomic mass is 32.1. The highest BCUT2D eigenvalue weighted by molar-refractivity contribution is 7.16. The van der Waals surface area contributed by atoms with Crippen LogP contribution in [0.2, 0.25) is 0 Å². The second-order valence-corrected chi connectivity index (χ2v) is 8.89. The highest BCUT2D eigenvalue weighted by Crippen LogP contribution is 2.40. The van der Waals surface area contributed by atoms with Crippen molar-refractivity contribution in [1.29, 1.82) is 0 Å². The van der Waals surface area contributed by atoms with Crippen LogP contribution in [0, 0.1) is 5.41 Å². The summed E-state index contributed by atoms with van der Waals surface area (Å²) in [7, 11) is 0. The molecule has 0 radical (unpaired) electrons. The van der Waals surface area contributed by atoms with E-state index < -0.39 is 5.60 Å². The summed E-state index contributed by atoms with van der Waals surface area (Å²) < 4.78 is 0. The van der Waals surface area contributed by atoms with Gasteiger partial charge in [0, 0.05) is 12.7 Å². The Balaban J connectivity index is 1.59. The molecule has 6 heteroatoms. The van der Waals surface area contributed by atoms with Gasteiger partial charge in [-0.15, -0.1) is 11.3 Å². The molecule has 3 heterocycles. The number of aromatic nitrogens is 3. The normalized spacial score (nSPS) is 18.7. The number of rotatable bonds is 4. The summed E-state index contributed by atoms with van der Waals surface area (Å²) in [6.07, 6.45) is 5.47. The van der Waals surface area contributed by atoms with Gasteiger partial charge in [-0.3, -0.25) is 4.98 Å². The molecule has 2 N–H and O–H groups in total. The number of anilines is 1. The zero-order valence-corrected chi connectivity index (χ0v) is 16.0. The van der Waals surface area contributed by atoms with Gasteiger partial charge in [0.1, 0.15) is 16.3 Å².